The summed E-state index contributed by atoms with van der Waals surface area (Å²) in [4.78, 5) is 10.5. The van der Waals surface area contributed by atoms with E-state index in [1.54, 1.807) is 12.1 Å². The van der Waals surface area contributed by atoms with Crippen molar-refractivity contribution >= 4 is 12.2 Å². The lowest BCUT2D eigenvalue weighted by Gasteiger charge is -2.27. The molecule has 0 amide bonds. The SMILES string of the molecule is CCc1ccc2c(c1)OC(C(F)(F)F)C(OC(=O)O)=C2. The third-order valence-corrected chi connectivity index (χ3v) is 2.79. The van der Waals surface area contributed by atoms with Gasteiger partial charge in [0.1, 0.15) is 5.75 Å². The van der Waals surface area contributed by atoms with Gasteiger partial charge in [-0.05, 0) is 24.1 Å². The van der Waals surface area contributed by atoms with Gasteiger partial charge in [-0.15, -0.1) is 0 Å². The molecule has 7 heteroatoms. The Hall–Kier alpha value is -2.18. The molecule has 1 aromatic carbocycles. The van der Waals surface area contributed by atoms with Gasteiger partial charge in [0.25, 0.3) is 6.10 Å². The summed E-state index contributed by atoms with van der Waals surface area (Å²) in [5.41, 5.74) is 1.17. The first-order chi connectivity index (χ1) is 9.31. The van der Waals surface area contributed by atoms with Gasteiger partial charge >= 0.3 is 12.3 Å². The molecule has 1 N–H and O–H groups in total. The number of hydrogen-bond acceptors (Lipinski definition) is 3. The Morgan fingerprint density at radius 1 is 1.45 bits per heavy atom. The molecule has 1 aliphatic rings. The van der Waals surface area contributed by atoms with E-state index in [4.69, 9.17) is 9.84 Å². The van der Waals surface area contributed by atoms with Crippen LogP contribution in [0.2, 0.25) is 0 Å². The Morgan fingerprint density at radius 3 is 2.70 bits per heavy atom. The average Bonchev–Trinajstić information content (AvgIpc) is 2.35. The predicted molar refractivity (Wildman–Crippen MR) is 63.4 cm³/mol. The smallest absolute Gasteiger partial charge is 0.472 e. The van der Waals surface area contributed by atoms with Crippen molar-refractivity contribution in [3.63, 3.8) is 0 Å². The number of fused-ring (bicyclic) bond motifs is 1. The number of carbonyl (C=O) groups is 1. The topological polar surface area (TPSA) is 55.8 Å². The molecule has 1 aromatic rings. The molecule has 0 saturated heterocycles. The summed E-state index contributed by atoms with van der Waals surface area (Å²) in [5, 5.41) is 8.49. The summed E-state index contributed by atoms with van der Waals surface area (Å²) in [6, 6.07) is 4.79. The van der Waals surface area contributed by atoms with Gasteiger partial charge in [-0.1, -0.05) is 19.1 Å². The third-order valence-electron chi connectivity index (χ3n) is 2.79. The number of hydrogen-bond donors (Lipinski definition) is 1. The minimum atomic E-state index is -4.76. The Kier molecular flexibility index (Phi) is 3.61. The Bertz CT molecular complexity index is 563. The first-order valence-electron chi connectivity index (χ1n) is 5.80. The van der Waals surface area contributed by atoms with Crippen molar-refractivity contribution in [3.8, 4) is 5.75 Å². The van der Waals surface area contributed by atoms with Crippen molar-refractivity contribution in [1.82, 2.24) is 0 Å². The lowest BCUT2D eigenvalue weighted by atomic mass is 10.0. The summed E-state index contributed by atoms with van der Waals surface area (Å²) in [6.45, 7) is 1.86. The van der Waals surface area contributed by atoms with E-state index in [1.165, 1.54) is 6.07 Å². The van der Waals surface area contributed by atoms with Gasteiger partial charge in [0.15, 0.2) is 5.76 Å². The molecule has 0 aliphatic carbocycles. The second-order valence-electron chi connectivity index (χ2n) is 4.18. The Balaban J connectivity index is 2.44. The van der Waals surface area contributed by atoms with Crippen LogP contribution in [0.1, 0.15) is 18.1 Å². The fourth-order valence-electron chi connectivity index (χ4n) is 1.85. The standard InChI is InChI=1S/C13H11F3O4/c1-2-7-3-4-8-6-10(20-12(17)18)11(13(14,15)16)19-9(8)5-7/h3-6,11H,2H2,1H3,(H,17,18). The summed E-state index contributed by atoms with van der Waals surface area (Å²) in [7, 11) is 0. The van der Waals surface area contributed by atoms with Crippen LogP contribution in [0.15, 0.2) is 24.0 Å². The number of aryl methyl sites for hydroxylation is 1. The van der Waals surface area contributed by atoms with Crippen molar-refractivity contribution in [3.05, 3.63) is 35.1 Å². The van der Waals surface area contributed by atoms with Crippen molar-refractivity contribution in [2.24, 2.45) is 0 Å². The van der Waals surface area contributed by atoms with Crippen LogP contribution in [-0.4, -0.2) is 23.5 Å². The van der Waals surface area contributed by atoms with Gasteiger partial charge in [-0.2, -0.15) is 13.2 Å². The van der Waals surface area contributed by atoms with Gasteiger partial charge in [0, 0.05) is 5.56 Å². The van der Waals surface area contributed by atoms with E-state index in [2.05, 4.69) is 4.74 Å². The highest BCUT2D eigenvalue weighted by Gasteiger charge is 2.48. The van der Waals surface area contributed by atoms with Crippen LogP contribution in [0.25, 0.3) is 6.08 Å². The number of rotatable bonds is 2. The van der Waals surface area contributed by atoms with Gasteiger partial charge in [-0.25, -0.2) is 4.79 Å². The molecule has 1 heterocycles. The molecule has 1 atom stereocenters. The normalized spacial score (nSPS) is 17.8. The molecule has 0 bridgehead atoms. The zero-order valence-electron chi connectivity index (χ0n) is 10.4. The van der Waals surface area contributed by atoms with E-state index < -0.39 is 24.2 Å². The van der Waals surface area contributed by atoms with Gasteiger partial charge < -0.3 is 14.6 Å². The van der Waals surface area contributed by atoms with Gasteiger partial charge in [0.05, 0.1) is 0 Å². The highest BCUT2D eigenvalue weighted by molar-refractivity contribution is 5.67. The molecule has 2 rings (SSSR count). The van der Waals surface area contributed by atoms with Gasteiger partial charge in [-0.3, -0.25) is 0 Å². The van der Waals surface area contributed by atoms with Crippen LogP contribution >= 0.6 is 0 Å². The van der Waals surface area contributed by atoms with Crippen molar-refractivity contribution in [2.45, 2.75) is 25.6 Å². The average molecular weight is 288 g/mol. The van der Waals surface area contributed by atoms with Crippen LogP contribution in [0, 0.1) is 0 Å². The Labute approximate surface area is 112 Å². The zero-order valence-corrected chi connectivity index (χ0v) is 10.4. The van der Waals surface area contributed by atoms with E-state index in [9.17, 15) is 18.0 Å². The van der Waals surface area contributed by atoms with Gasteiger partial charge in [0.2, 0.25) is 0 Å². The monoisotopic (exact) mass is 288 g/mol. The highest BCUT2D eigenvalue weighted by Crippen LogP contribution is 2.38. The summed E-state index contributed by atoms with van der Waals surface area (Å²) >= 11 is 0. The quantitative estimate of drug-likeness (QED) is 0.845. The first-order valence-corrected chi connectivity index (χ1v) is 5.80. The van der Waals surface area contributed by atoms with E-state index in [0.717, 1.165) is 11.6 Å². The zero-order chi connectivity index (χ0) is 14.9. The molecule has 0 fully saturated rings. The number of alkyl halides is 3. The second kappa shape index (κ2) is 5.07. The van der Waals surface area contributed by atoms with Crippen LogP contribution in [0.3, 0.4) is 0 Å². The maximum Gasteiger partial charge on any atom is 0.511 e. The number of ether oxygens (including phenoxy) is 2. The second-order valence-corrected chi connectivity index (χ2v) is 4.18. The van der Waals surface area contributed by atoms with E-state index >= 15 is 0 Å². The molecular formula is C13H11F3O4. The largest absolute Gasteiger partial charge is 0.511 e. The lowest BCUT2D eigenvalue weighted by Crippen LogP contribution is -2.39. The maximum absolute atomic E-state index is 12.9. The van der Waals surface area contributed by atoms with Crippen LogP contribution < -0.4 is 4.74 Å². The van der Waals surface area contributed by atoms with Crippen LogP contribution in [0.4, 0.5) is 18.0 Å². The molecule has 20 heavy (non-hydrogen) atoms. The number of carboxylic acid groups (broad SMARTS) is 1. The minimum absolute atomic E-state index is 0.0596. The molecule has 0 spiro atoms. The third kappa shape index (κ3) is 2.87. The fraction of sp³-hybridized carbons (Fsp3) is 0.308. The fourth-order valence-corrected chi connectivity index (χ4v) is 1.85. The predicted octanol–water partition coefficient (Wildman–Crippen LogP) is 3.61. The molecule has 0 saturated carbocycles. The van der Waals surface area contributed by atoms with Crippen molar-refractivity contribution in [2.75, 3.05) is 0 Å². The molecule has 1 aliphatic heterocycles. The lowest BCUT2D eigenvalue weighted by molar-refractivity contribution is -0.191. The van der Waals surface area contributed by atoms with E-state index in [0.29, 0.717) is 12.0 Å². The number of benzene rings is 1. The number of halogens is 3. The van der Waals surface area contributed by atoms with Crippen LogP contribution in [-0.2, 0) is 11.2 Å². The van der Waals surface area contributed by atoms with Crippen molar-refractivity contribution < 1.29 is 32.5 Å². The summed E-state index contributed by atoms with van der Waals surface area (Å²) in [5.74, 6) is -0.730. The first kappa shape index (κ1) is 14.2. The van der Waals surface area contributed by atoms with Crippen molar-refractivity contribution in [1.29, 1.82) is 0 Å². The molecular weight excluding hydrogens is 277 g/mol. The molecule has 1 unspecified atom stereocenters. The summed E-state index contributed by atoms with van der Waals surface area (Å²) < 4.78 is 47.7. The van der Waals surface area contributed by atoms with E-state index in [-0.39, 0.29) is 5.75 Å². The van der Waals surface area contributed by atoms with Crippen LogP contribution in [0.5, 0.6) is 5.75 Å². The molecule has 0 aromatic heterocycles. The molecule has 108 valence electrons. The van der Waals surface area contributed by atoms with E-state index in [1.807, 2.05) is 6.92 Å². The Morgan fingerprint density at radius 2 is 2.15 bits per heavy atom. The molecule has 0 radical (unpaired) electrons. The maximum atomic E-state index is 12.9. The minimum Gasteiger partial charge on any atom is -0.472 e. The summed E-state index contributed by atoms with van der Waals surface area (Å²) in [6.07, 6.45) is -7.32. The molecule has 4 nitrogen and oxygen atoms in total. The highest BCUT2D eigenvalue weighted by atomic mass is 19.4.